The van der Waals surface area contributed by atoms with Crippen molar-refractivity contribution in [2.75, 3.05) is 10.6 Å². The van der Waals surface area contributed by atoms with Crippen molar-refractivity contribution in [1.29, 1.82) is 0 Å². The van der Waals surface area contributed by atoms with Gasteiger partial charge in [-0.1, -0.05) is 0 Å². The number of nitrogens with one attached hydrogen (secondary N) is 2. The fourth-order valence-electron chi connectivity index (χ4n) is 5.88. The van der Waals surface area contributed by atoms with Gasteiger partial charge >= 0.3 is 0 Å². The molecule has 0 unspecified atom stereocenters. The minimum Gasteiger partial charge on any atom is -0.326 e. The van der Waals surface area contributed by atoms with Crippen LogP contribution >= 0.6 is 0 Å². The molecule has 2 amide bonds. The van der Waals surface area contributed by atoms with Gasteiger partial charge in [-0.25, -0.2) is 0 Å². The Balaban J connectivity index is 1.25. The van der Waals surface area contributed by atoms with Crippen molar-refractivity contribution >= 4 is 23.2 Å². The molecule has 1 aromatic rings. The molecule has 0 atom stereocenters. The fraction of sp³-hybridized carbons (Fsp3) is 0.619. The van der Waals surface area contributed by atoms with E-state index in [2.05, 4.69) is 10.6 Å². The van der Waals surface area contributed by atoms with Gasteiger partial charge in [0.05, 0.1) is 5.41 Å². The fourth-order valence-corrected chi connectivity index (χ4v) is 5.88. The SMILES string of the molecule is O=C(Nc1ccc(NC(=O)C23CC4CC(CC(C4)C2)C3)cc1)C1CC1. The van der Waals surface area contributed by atoms with Gasteiger partial charge in [0.15, 0.2) is 0 Å². The number of carbonyl (C=O) groups is 2. The zero-order chi connectivity index (χ0) is 17.0. The van der Waals surface area contributed by atoms with Crippen LogP contribution in [0.5, 0.6) is 0 Å². The highest BCUT2D eigenvalue weighted by molar-refractivity contribution is 5.97. The molecule has 25 heavy (non-hydrogen) atoms. The molecule has 0 heterocycles. The van der Waals surface area contributed by atoms with E-state index in [1.165, 1.54) is 19.3 Å². The average Bonchev–Trinajstić information content (AvgIpc) is 3.40. The van der Waals surface area contributed by atoms with Crippen molar-refractivity contribution in [2.45, 2.75) is 51.4 Å². The van der Waals surface area contributed by atoms with Crippen LogP contribution in [-0.2, 0) is 9.59 Å². The molecule has 5 aliphatic rings. The molecule has 0 spiro atoms. The molecule has 6 rings (SSSR count). The van der Waals surface area contributed by atoms with E-state index in [9.17, 15) is 9.59 Å². The molecule has 5 aliphatic carbocycles. The summed E-state index contributed by atoms with van der Waals surface area (Å²) in [6.07, 6.45) is 9.31. The van der Waals surface area contributed by atoms with Crippen molar-refractivity contribution < 1.29 is 9.59 Å². The molecule has 132 valence electrons. The first-order chi connectivity index (χ1) is 12.1. The maximum Gasteiger partial charge on any atom is 0.230 e. The zero-order valence-electron chi connectivity index (χ0n) is 14.6. The van der Waals surface area contributed by atoms with Gasteiger partial charge in [0, 0.05) is 17.3 Å². The summed E-state index contributed by atoms with van der Waals surface area (Å²) in [5.74, 6) is 2.87. The van der Waals surface area contributed by atoms with Gasteiger partial charge in [0.25, 0.3) is 0 Å². The van der Waals surface area contributed by atoms with Crippen LogP contribution in [0.4, 0.5) is 11.4 Å². The number of carbonyl (C=O) groups excluding carboxylic acids is 2. The minimum absolute atomic E-state index is 0.116. The van der Waals surface area contributed by atoms with Crippen molar-refractivity contribution in [3.63, 3.8) is 0 Å². The second-order valence-corrected chi connectivity index (χ2v) is 8.99. The second-order valence-electron chi connectivity index (χ2n) is 8.99. The van der Waals surface area contributed by atoms with E-state index < -0.39 is 0 Å². The van der Waals surface area contributed by atoms with E-state index >= 15 is 0 Å². The highest BCUT2D eigenvalue weighted by atomic mass is 16.2. The van der Waals surface area contributed by atoms with Crippen molar-refractivity contribution in [1.82, 2.24) is 0 Å². The maximum absolute atomic E-state index is 13.0. The molecular formula is C21H26N2O2. The van der Waals surface area contributed by atoms with Crippen LogP contribution in [0.15, 0.2) is 24.3 Å². The van der Waals surface area contributed by atoms with Gasteiger partial charge in [-0.05, 0) is 93.4 Å². The van der Waals surface area contributed by atoms with Crippen LogP contribution in [0, 0.1) is 29.1 Å². The van der Waals surface area contributed by atoms with Gasteiger partial charge in [0.2, 0.25) is 11.8 Å². The molecule has 1 aromatic carbocycles. The summed E-state index contributed by atoms with van der Waals surface area (Å²) < 4.78 is 0. The molecule has 4 heteroatoms. The van der Waals surface area contributed by atoms with E-state index in [0.717, 1.165) is 61.2 Å². The van der Waals surface area contributed by atoms with Crippen LogP contribution in [0.2, 0.25) is 0 Å². The number of amides is 2. The normalized spacial score (nSPS) is 35.4. The first-order valence-corrected chi connectivity index (χ1v) is 9.82. The summed E-state index contributed by atoms with van der Waals surface area (Å²) in [6.45, 7) is 0. The Morgan fingerprint density at radius 3 is 1.76 bits per heavy atom. The Morgan fingerprint density at radius 2 is 1.28 bits per heavy atom. The van der Waals surface area contributed by atoms with E-state index in [1.807, 2.05) is 24.3 Å². The minimum atomic E-state index is -0.117. The molecule has 4 nitrogen and oxygen atoms in total. The third-order valence-corrected chi connectivity index (χ3v) is 6.88. The topological polar surface area (TPSA) is 58.2 Å². The Kier molecular flexibility index (Phi) is 3.44. The zero-order valence-corrected chi connectivity index (χ0v) is 14.6. The Hall–Kier alpha value is -1.84. The maximum atomic E-state index is 13.0. The lowest BCUT2D eigenvalue weighted by atomic mass is 9.49. The third-order valence-electron chi connectivity index (χ3n) is 6.88. The van der Waals surface area contributed by atoms with Crippen molar-refractivity contribution in [3.05, 3.63) is 24.3 Å². The van der Waals surface area contributed by atoms with Crippen molar-refractivity contribution in [2.24, 2.45) is 29.1 Å². The molecule has 0 saturated heterocycles. The molecular weight excluding hydrogens is 312 g/mol. The summed E-state index contributed by atoms with van der Waals surface area (Å²) >= 11 is 0. The summed E-state index contributed by atoms with van der Waals surface area (Å²) in [5.41, 5.74) is 1.53. The van der Waals surface area contributed by atoms with Gasteiger partial charge in [0.1, 0.15) is 0 Å². The van der Waals surface area contributed by atoms with Gasteiger partial charge in [-0.15, -0.1) is 0 Å². The van der Waals surface area contributed by atoms with Crippen LogP contribution < -0.4 is 10.6 Å². The second kappa shape index (κ2) is 5.58. The summed E-state index contributed by atoms with van der Waals surface area (Å²) in [5, 5.41) is 6.10. The lowest BCUT2D eigenvalue weighted by Crippen LogP contribution is -2.51. The Morgan fingerprint density at radius 1 is 0.800 bits per heavy atom. The van der Waals surface area contributed by atoms with E-state index in [-0.39, 0.29) is 23.1 Å². The average molecular weight is 338 g/mol. The predicted octanol–water partition coefficient (Wildman–Crippen LogP) is 4.19. The lowest BCUT2D eigenvalue weighted by Gasteiger charge is -2.55. The molecule has 4 bridgehead atoms. The van der Waals surface area contributed by atoms with Gasteiger partial charge < -0.3 is 10.6 Å². The lowest BCUT2D eigenvalue weighted by molar-refractivity contribution is -0.140. The first kappa shape index (κ1) is 15.4. The smallest absolute Gasteiger partial charge is 0.230 e. The van der Waals surface area contributed by atoms with Crippen LogP contribution in [0.3, 0.4) is 0 Å². The van der Waals surface area contributed by atoms with Crippen molar-refractivity contribution in [3.8, 4) is 0 Å². The first-order valence-electron chi connectivity index (χ1n) is 9.82. The molecule has 0 aromatic heterocycles. The van der Waals surface area contributed by atoms with Crippen LogP contribution in [0.1, 0.15) is 51.4 Å². The number of rotatable bonds is 4. The quantitative estimate of drug-likeness (QED) is 0.865. The Labute approximate surface area is 148 Å². The molecule has 0 radical (unpaired) electrons. The molecule has 2 N–H and O–H groups in total. The summed E-state index contributed by atoms with van der Waals surface area (Å²) in [7, 11) is 0. The van der Waals surface area contributed by atoms with Gasteiger partial charge in [-0.3, -0.25) is 9.59 Å². The largest absolute Gasteiger partial charge is 0.326 e. The number of hydrogen-bond donors (Lipinski definition) is 2. The number of benzene rings is 1. The van der Waals surface area contributed by atoms with E-state index in [0.29, 0.717) is 0 Å². The number of hydrogen-bond acceptors (Lipinski definition) is 2. The molecule has 5 saturated carbocycles. The van der Waals surface area contributed by atoms with E-state index in [4.69, 9.17) is 0 Å². The van der Waals surface area contributed by atoms with Crippen LogP contribution in [-0.4, -0.2) is 11.8 Å². The molecule has 5 fully saturated rings. The number of anilines is 2. The Bertz CT molecular complexity index is 670. The van der Waals surface area contributed by atoms with Crippen LogP contribution in [0.25, 0.3) is 0 Å². The molecule has 0 aliphatic heterocycles. The summed E-state index contributed by atoms with van der Waals surface area (Å²) in [6, 6.07) is 7.58. The summed E-state index contributed by atoms with van der Waals surface area (Å²) in [4.78, 5) is 24.9. The highest BCUT2D eigenvalue weighted by Gasteiger charge is 2.54. The van der Waals surface area contributed by atoms with E-state index in [1.54, 1.807) is 0 Å². The standard InChI is InChI=1S/C21H26N2O2/c24-19(16-1-2-16)22-17-3-5-18(6-4-17)23-20(25)21-10-13-7-14(11-21)9-15(8-13)12-21/h3-6,13-16H,1-2,7-12H2,(H,22,24)(H,23,25). The van der Waals surface area contributed by atoms with Gasteiger partial charge in [-0.2, -0.15) is 0 Å². The third kappa shape index (κ3) is 2.86. The monoisotopic (exact) mass is 338 g/mol. The predicted molar refractivity (Wildman–Crippen MR) is 97.0 cm³/mol. The highest BCUT2D eigenvalue weighted by Crippen LogP contribution is 2.60.